The molecule has 0 bridgehead atoms. The number of unbranched alkanes of at least 4 members (excludes halogenated alkanes) is 4. The fourth-order valence-electron chi connectivity index (χ4n) is 3.30. The van der Waals surface area contributed by atoms with Gasteiger partial charge in [0, 0.05) is 0 Å². The summed E-state index contributed by atoms with van der Waals surface area (Å²) in [5.41, 5.74) is 3.43. The van der Waals surface area contributed by atoms with Gasteiger partial charge in [0.1, 0.15) is 5.75 Å². The highest BCUT2D eigenvalue weighted by atomic mass is 16.3. The summed E-state index contributed by atoms with van der Waals surface area (Å²) in [5, 5.41) is 10.1. The van der Waals surface area contributed by atoms with Crippen LogP contribution in [0.3, 0.4) is 0 Å². The van der Waals surface area contributed by atoms with E-state index in [1.807, 2.05) is 6.07 Å². The second-order valence-corrected chi connectivity index (χ2v) is 10.2. The van der Waals surface area contributed by atoms with Gasteiger partial charge in [-0.3, -0.25) is 0 Å². The lowest BCUT2D eigenvalue weighted by Crippen LogP contribution is -2.04. The number of rotatable bonds is 10. The quantitative estimate of drug-likeness (QED) is 0.430. The topological polar surface area (TPSA) is 20.2 Å². The third-order valence-electron chi connectivity index (χ3n) is 4.91. The fourth-order valence-corrected chi connectivity index (χ4v) is 3.30. The summed E-state index contributed by atoms with van der Waals surface area (Å²) in [6.07, 6.45) is 12.4. The number of phenolic OH excluding ortho intramolecular Hbond substituents is 1. The minimum absolute atomic E-state index is 0.440. The van der Waals surface area contributed by atoms with Crippen LogP contribution in [0.25, 0.3) is 0 Å². The van der Waals surface area contributed by atoms with Crippen LogP contribution in [-0.4, -0.2) is 5.11 Å². The Morgan fingerprint density at radius 1 is 0.680 bits per heavy atom. The van der Waals surface area contributed by atoms with Gasteiger partial charge in [0.25, 0.3) is 0 Å². The number of hydrogen-bond donors (Lipinski definition) is 1. The molecule has 0 fully saturated rings. The van der Waals surface area contributed by atoms with Crippen LogP contribution in [0, 0.1) is 10.8 Å². The Morgan fingerprint density at radius 2 is 1.20 bits per heavy atom. The molecule has 0 spiro atoms. The van der Waals surface area contributed by atoms with E-state index in [9.17, 15) is 5.11 Å². The van der Waals surface area contributed by atoms with Crippen molar-refractivity contribution >= 4 is 0 Å². The van der Waals surface area contributed by atoms with Crippen molar-refractivity contribution in [2.45, 2.75) is 106 Å². The molecule has 0 aliphatic rings. The van der Waals surface area contributed by atoms with E-state index in [0.29, 0.717) is 16.6 Å². The molecular weight excluding hydrogens is 304 g/mol. The van der Waals surface area contributed by atoms with Crippen LogP contribution in [0.2, 0.25) is 0 Å². The summed E-state index contributed by atoms with van der Waals surface area (Å²) in [6.45, 7) is 13.9. The van der Waals surface area contributed by atoms with E-state index >= 15 is 0 Å². The van der Waals surface area contributed by atoms with Gasteiger partial charge in [-0.05, 0) is 66.5 Å². The minimum atomic E-state index is 0.440. The number of hydrogen-bond acceptors (Lipinski definition) is 1. The molecule has 0 heterocycles. The summed E-state index contributed by atoms with van der Waals surface area (Å²) >= 11 is 0. The van der Waals surface area contributed by atoms with Gasteiger partial charge in [-0.15, -0.1) is 0 Å². The van der Waals surface area contributed by atoms with E-state index < -0.39 is 0 Å². The van der Waals surface area contributed by atoms with Crippen molar-refractivity contribution in [3.63, 3.8) is 0 Å². The first kappa shape index (κ1) is 22.1. The first-order valence-corrected chi connectivity index (χ1v) is 10.4. The van der Waals surface area contributed by atoms with Crippen molar-refractivity contribution < 1.29 is 5.11 Å². The Hall–Kier alpha value is -0.980. The summed E-state index contributed by atoms with van der Waals surface area (Å²) in [4.78, 5) is 0. The molecule has 1 aromatic rings. The zero-order chi connectivity index (χ0) is 18.9. The van der Waals surface area contributed by atoms with E-state index in [1.165, 1.54) is 56.9 Å². The predicted octanol–water partition coefficient (Wildman–Crippen LogP) is 7.69. The zero-order valence-electron chi connectivity index (χ0n) is 17.8. The maximum atomic E-state index is 10.1. The molecule has 0 unspecified atom stereocenters. The Balaban J connectivity index is 2.33. The monoisotopic (exact) mass is 346 g/mol. The van der Waals surface area contributed by atoms with Crippen molar-refractivity contribution in [2.75, 3.05) is 0 Å². The first-order valence-electron chi connectivity index (χ1n) is 10.4. The molecule has 0 aliphatic heterocycles. The second kappa shape index (κ2) is 10.2. The number of phenols is 1. The van der Waals surface area contributed by atoms with E-state index in [4.69, 9.17) is 0 Å². The van der Waals surface area contributed by atoms with E-state index in [0.717, 1.165) is 18.4 Å². The maximum absolute atomic E-state index is 10.1. The van der Waals surface area contributed by atoms with E-state index in [1.54, 1.807) is 0 Å². The molecule has 0 saturated carbocycles. The Bertz CT molecular complexity index is 488. The van der Waals surface area contributed by atoms with Gasteiger partial charge in [-0.25, -0.2) is 0 Å². The van der Waals surface area contributed by atoms with E-state index in [-0.39, 0.29) is 0 Å². The molecule has 1 rings (SSSR count). The Kier molecular flexibility index (Phi) is 9.03. The lowest BCUT2D eigenvalue weighted by molar-refractivity contribution is 0.358. The smallest absolute Gasteiger partial charge is 0.118 e. The predicted molar refractivity (Wildman–Crippen MR) is 111 cm³/mol. The highest BCUT2D eigenvalue weighted by molar-refractivity contribution is 5.36. The lowest BCUT2D eigenvalue weighted by atomic mass is 9.89. The third kappa shape index (κ3) is 11.3. The van der Waals surface area contributed by atoms with Crippen molar-refractivity contribution in [3.8, 4) is 5.75 Å². The molecule has 0 amide bonds. The van der Waals surface area contributed by atoms with Crippen LogP contribution in [0.1, 0.15) is 104 Å². The molecular formula is C24H42O. The highest BCUT2D eigenvalue weighted by Crippen LogP contribution is 2.26. The van der Waals surface area contributed by atoms with Crippen molar-refractivity contribution in [3.05, 3.63) is 29.3 Å². The van der Waals surface area contributed by atoms with Crippen LogP contribution in [0.5, 0.6) is 5.75 Å². The Labute approximate surface area is 157 Å². The summed E-state index contributed by atoms with van der Waals surface area (Å²) in [5.74, 6) is 0.479. The molecule has 1 aromatic carbocycles. The van der Waals surface area contributed by atoms with Gasteiger partial charge in [0.05, 0.1) is 0 Å². The zero-order valence-corrected chi connectivity index (χ0v) is 17.8. The van der Waals surface area contributed by atoms with Crippen molar-refractivity contribution in [1.82, 2.24) is 0 Å². The third-order valence-corrected chi connectivity index (χ3v) is 4.91. The largest absolute Gasteiger partial charge is 0.508 e. The van der Waals surface area contributed by atoms with Crippen LogP contribution in [0.15, 0.2) is 18.2 Å². The van der Waals surface area contributed by atoms with Crippen LogP contribution in [0.4, 0.5) is 0 Å². The van der Waals surface area contributed by atoms with Gasteiger partial charge in [0.2, 0.25) is 0 Å². The molecule has 0 aliphatic carbocycles. The summed E-state index contributed by atoms with van der Waals surface area (Å²) in [7, 11) is 0. The molecule has 25 heavy (non-hydrogen) atoms. The summed E-state index contributed by atoms with van der Waals surface area (Å²) in [6, 6.07) is 6.24. The van der Waals surface area contributed by atoms with Gasteiger partial charge >= 0.3 is 0 Å². The molecule has 0 saturated heterocycles. The molecule has 0 atom stereocenters. The normalized spacial score (nSPS) is 12.6. The molecule has 0 radical (unpaired) electrons. The van der Waals surface area contributed by atoms with Gasteiger partial charge in [-0.2, -0.15) is 0 Å². The number of aromatic hydroxyl groups is 1. The molecule has 0 aromatic heterocycles. The fraction of sp³-hybridized carbons (Fsp3) is 0.750. The highest BCUT2D eigenvalue weighted by Gasteiger charge is 2.10. The number of benzene rings is 1. The van der Waals surface area contributed by atoms with Gasteiger partial charge in [-0.1, -0.05) is 79.4 Å². The van der Waals surface area contributed by atoms with Gasteiger partial charge < -0.3 is 5.11 Å². The number of aryl methyl sites for hydroxylation is 2. The minimum Gasteiger partial charge on any atom is -0.508 e. The maximum Gasteiger partial charge on any atom is 0.118 e. The van der Waals surface area contributed by atoms with Crippen LogP contribution >= 0.6 is 0 Å². The second-order valence-electron chi connectivity index (χ2n) is 10.2. The van der Waals surface area contributed by atoms with E-state index in [2.05, 4.69) is 53.7 Å². The first-order chi connectivity index (χ1) is 11.6. The molecule has 1 heteroatoms. The Morgan fingerprint density at radius 3 is 1.72 bits per heavy atom. The standard InChI is InChI=1S/C24H42O/c1-23(2,3)17-11-7-9-13-20-15-16-22(25)21(19-20)14-10-8-12-18-24(4,5)6/h15-16,19,25H,7-14,17-18H2,1-6H3. The van der Waals surface area contributed by atoms with Crippen molar-refractivity contribution in [2.24, 2.45) is 10.8 Å². The van der Waals surface area contributed by atoms with Crippen molar-refractivity contribution in [1.29, 1.82) is 0 Å². The van der Waals surface area contributed by atoms with Gasteiger partial charge in [0.15, 0.2) is 0 Å². The molecule has 1 N–H and O–H groups in total. The average Bonchev–Trinajstić information content (AvgIpc) is 2.47. The summed E-state index contributed by atoms with van der Waals surface area (Å²) < 4.78 is 0. The van der Waals surface area contributed by atoms with Crippen LogP contribution in [-0.2, 0) is 12.8 Å². The molecule has 144 valence electrons. The average molecular weight is 347 g/mol. The molecule has 1 nitrogen and oxygen atoms in total. The van der Waals surface area contributed by atoms with Crippen LogP contribution < -0.4 is 0 Å². The SMILES string of the molecule is CC(C)(C)CCCCCc1ccc(O)c(CCCCCC(C)(C)C)c1. The lowest BCUT2D eigenvalue weighted by Gasteiger charge is -2.17.